The largest absolute Gasteiger partial charge is 0.486 e. The molecule has 3 heterocycles. The smallest absolute Gasteiger partial charge is 0.243 e. The van der Waals surface area contributed by atoms with Crippen LogP contribution in [0.15, 0.2) is 47.4 Å². The number of carbonyl (C=O) groups is 1. The summed E-state index contributed by atoms with van der Waals surface area (Å²) in [6.45, 7) is 4.63. The van der Waals surface area contributed by atoms with E-state index in [1.165, 1.54) is 15.9 Å². The number of ether oxygens (including phenoxy) is 2. The maximum absolute atomic E-state index is 13.2. The topological polar surface area (TPSA) is 79.4 Å². The molecule has 0 bridgehead atoms. The average molecular weight is 472 g/mol. The number of anilines is 1. The molecule has 0 aromatic heterocycles. The molecule has 0 aliphatic carbocycles. The molecule has 0 saturated carbocycles. The fraction of sp³-hybridized carbons (Fsp3) is 0.458. The Kier molecular flexibility index (Phi) is 5.92. The standard InChI is InChI=1S/C24H29N3O5S/c1-18-6-7-19-4-2-3-5-21(19)27(18)17-24(28)25-10-12-26(13-11-25)33(29,30)20-8-9-22-23(16-20)32-15-14-31-22/h2-5,8-9,16,18H,6-7,10-15,17H2,1H3. The summed E-state index contributed by atoms with van der Waals surface area (Å²) >= 11 is 0. The summed E-state index contributed by atoms with van der Waals surface area (Å²) in [6.07, 6.45) is 2.05. The van der Waals surface area contributed by atoms with Gasteiger partial charge >= 0.3 is 0 Å². The zero-order valence-corrected chi connectivity index (χ0v) is 19.6. The molecule has 0 radical (unpaired) electrons. The third-order valence-corrected chi connectivity index (χ3v) is 8.61. The van der Waals surface area contributed by atoms with E-state index in [1.54, 1.807) is 17.0 Å². The molecule has 1 atom stereocenters. The lowest BCUT2D eigenvalue weighted by Gasteiger charge is -2.39. The van der Waals surface area contributed by atoms with Crippen molar-refractivity contribution in [2.24, 2.45) is 0 Å². The molecule has 176 valence electrons. The zero-order chi connectivity index (χ0) is 23.0. The van der Waals surface area contributed by atoms with E-state index in [9.17, 15) is 13.2 Å². The first-order valence-electron chi connectivity index (χ1n) is 11.5. The highest BCUT2D eigenvalue weighted by atomic mass is 32.2. The Morgan fingerprint density at radius 3 is 2.52 bits per heavy atom. The molecule has 1 amide bonds. The highest BCUT2D eigenvalue weighted by Crippen LogP contribution is 2.33. The Morgan fingerprint density at radius 2 is 1.73 bits per heavy atom. The van der Waals surface area contributed by atoms with Gasteiger partial charge in [-0.1, -0.05) is 18.2 Å². The van der Waals surface area contributed by atoms with Crippen LogP contribution in [0.3, 0.4) is 0 Å². The number of fused-ring (bicyclic) bond motifs is 2. The summed E-state index contributed by atoms with van der Waals surface area (Å²) in [7, 11) is -3.67. The van der Waals surface area contributed by atoms with Gasteiger partial charge in [0.1, 0.15) is 13.2 Å². The van der Waals surface area contributed by atoms with Crippen molar-refractivity contribution < 1.29 is 22.7 Å². The Hall–Kier alpha value is -2.78. The monoisotopic (exact) mass is 471 g/mol. The van der Waals surface area contributed by atoms with Crippen LogP contribution in [0.2, 0.25) is 0 Å². The van der Waals surface area contributed by atoms with Crippen LogP contribution < -0.4 is 14.4 Å². The van der Waals surface area contributed by atoms with Gasteiger partial charge in [-0.2, -0.15) is 4.31 Å². The lowest BCUT2D eigenvalue weighted by Crippen LogP contribution is -2.53. The summed E-state index contributed by atoms with van der Waals surface area (Å²) in [5, 5.41) is 0. The van der Waals surface area contributed by atoms with Crippen LogP contribution in [0.5, 0.6) is 11.5 Å². The van der Waals surface area contributed by atoms with Crippen molar-refractivity contribution >= 4 is 21.6 Å². The van der Waals surface area contributed by atoms with Crippen molar-refractivity contribution in [3.63, 3.8) is 0 Å². The van der Waals surface area contributed by atoms with E-state index in [-0.39, 0.29) is 23.9 Å². The second-order valence-corrected chi connectivity index (χ2v) is 10.7. The van der Waals surface area contributed by atoms with Crippen LogP contribution in [-0.2, 0) is 21.2 Å². The minimum atomic E-state index is -3.67. The summed E-state index contributed by atoms with van der Waals surface area (Å²) in [5.74, 6) is 1.05. The Bertz CT molecular complexity index is 1140. The van der Waals surface area contributed by atoms with E-state index < -0.39 is 10.0 Å². The first-order valence-corrected chi connectivity index (χ1v) is 12.9. The molecule has 1 saturated heterocycles. The fourth-order valence-electron chi connectivity index (χ4n) is 4.76. The van der Waals surface area contributed by atoms with E-state index in [0.29, 0.717) is 50.4 Å². The third-order valence-electron chi connectivity index (χ3n) is 6.71. The van der Waals surface area contributed by atoms with Crippen molar-refractivity contribution in [2.75, 3.05) is 50.8 Å². The molecule has 8 nitrogen and oxygen atoms in total. The molecule has 5 rings (SSSR count). The maximum Gasteiger partial charge on any atom is 0.243 e. The van der Waals surface area contributed by atoms with Gasteiger partial charge in [-0.05, 0) is 43.5 Å². The first-order chi connectivity index (χ1) is 15.9. The quantitative estimate of drug-likeness (QED) is 0.680. The minimum absolute atomic E-state index is 0.0370. The van der Waals surface area contributed by atoms with E-state index in [0.717, 1.165) is 18.5 Å². The van der Waals surface area contributed by atoms with Crippen LogP contribution >= 0.6 is 0 Å². The number of rotatable bonds is 4. The number of amides is 1. The molecule has 0 spiro atoms. The van der Waals surface area contributed by atoms with Gasteiger partial charge in [0.2, 0.25) is 15.9 Å². The van der Waals surface area contributed by atoms with Gasteiger partial charge in [0, 0.05) is 44.0 Å². The van der Waals surface area contributed by atoms with Crippen molar-refractivity contribution in [3.8, 4) is 11.5 Å². The van der Waals surface area contributed by atoms with Crippen LogP contribution in [0.4, 0.5) is 5.69 Å². The van der Waals surface area contributed by atoms with Gasteiger partial charge < -0.3 is 19.3 Å². The number of hydrogen-bond acceptors (Lipinski definition) is 6. The molecular formula is C24H29N3O5S. The van der Waals surface area contributed by atoms with Gasteiger partial charge in [0.25, 0.3) is 0 Å². The maximum atomic E-state index is 13.2. The lowest BCUT2D eigenvalue weighted by molar-refractivity contribution is -0.131. The summed E-state index contributed by atoms with van der Waals surface area (Å²) in [4.78, 5) is 17.2. The number of benzene rings is 2. The average Bonchev–Trinajstić information content (AvgIpc) is 2.85. The van der Waals surface area contributed by atoms with Gasteiger partial charge in [-0.3, -0.25) is 4.79 Å². The van der Waals surface area contributed by atoms with Gasteiger partial charge in [0.05, 0.1) is 11.4 Å². The van der Waals surface area contributed by atoms with E-state index >= 15 is 0 Å². The highest BCUT2D eigenvalue weighted by molar-refractivity contribution is 7.89. The number of aryl methyl sites for hydroxylation is 1. The zero-order valence-electron chi connectivity index (χ0n) is 18.8. The predicted octanol–water partition coefficient (Wildman–Crippen LogP) is 2.13. The van der Waals surface area contributed by atoms with Crippen molar-refractivity contribution in [1.82, 2.24) is 9.21 Å². The Balaban J connectivity index is 1.23. The normalized spacial score (nSPS) is 20.9. The van der Waals surface area contributed by atoms with Gasteiger partial charge in [-0.15, -0.1) is 0 Å². The lowest BCUT2D eigenvalue weighted by atomic mass is 9.96. The van der Waals surface area contributed by atoms with Crippen LogP contribution in [0, 0.1) is 0 Å². The number of sulfonamides is 1. The molecule has 9 heteroatoms. The van der Waals surface area contributed by atoms with E-state index in [2.05, 4.69) is 24.0 Å². The minimum Gasteiger partial charge on any atom is -0.486 e. The molecular weight excluding hydrogens is 442 g/mol. The fourth-order valence-corrected chi connectivity index (χ4v) is 6.20. The molecule has 2 aromatic carbocycles. The van der Waals surface area contributed by atoms with Crippen molar-refractivity contribution in [3.05, 3.63) is 48.0 Å². The molecule has 33 heavy (non-hydrogen) atoms. The first kappa shape index (κ1) is 22.0. The molecule has 3 aliphatic rings. The second kappa shape index (κ2) is 8.87. The van der Waals surface area contributed by atoms with Gasteiger partial charge in [-0.25, -0.2) is 8.42 Å². The Morgan fingerprint density at radius 1 is 1.00 bits per heavy atom. The second-order valence-electron chi connectivity index (χ2n) is 8.73. The number of para-hydroxylation sites is 1. The molecule has 1 unspecified atom stereocenters. The van der Waals surface area contributed by atoms with Gasteiger partial charge in [0.15, 0.2) is 11.5 Å². The molecule has 3 aliphatic heterocycles. The van der Waals surface area contributed by atoms with E-state index in [4.69, 9.17) is 9.47 Å². The molecule has 2 aromatic rings. The molecule has 1 fully saturated rings. The highest BCUT2D eigenvalue weighted by Gasteiger charge is 2.32. The third kappa shape index (κ3) is 4.27. The van der Waals surface area contributed by atoms with Crippen LogP contribution in [0.1, 0.15) is 18.9 Å². The van der Waals surface area contributed by atoms with Crippen LogP contribution in [-0.4, -0.2) is 75.5 Å². The number of hydrogen-bond donors (Lipinski definition) is 0. The molecule has 0 N–H and O–H groups in total. The number of piperazine rings is 1. The number of carbonyl (C=O) groups excluding carboxylic acids is 1. The summed E-state index contributed by atoms with van der Waals surface area (Å²) < 4.78 is 38.8. The van der Waals surface area contributed by atoms with Crippen molar-refractivity contribution in [2.45, 2.75) is 30.7 Å². The summed E-state index contributed by atoms with van der Waals surface area (Å²) in [5.41, 5.74) is 2.41. The van der Waals surface area contributed by atoms with Crippen molar-refractivity contribution in [1.29, 1.82) is 0 Å². The van der Waals surface area contributed by atoms with E-state index in [1.807, 2.05) is 12.1 Å². The predicted molar refractivity (Wildman–Crippen MR) is 124 cm³/mol. The summed E-state index contributed by atoms with van der Waals surface area (Å²) in [6, 6.07) is 13.3. The van der Waals surface area contributed by atoms with Crippen LogP contribution in [0.25, 0.3) is 0 Å². The Labute approximate surface area is 194 Å². The number of nitrogens with zero attached hydrogens (tertiary/aromatic N) is 3. The SMILES string of the molecule is CC1CCc2ccccc2N1CC(=O)N1CCN(S(=O)(=O)c2ccc3c(c2)OCCO3)CC1.